The molecular weight excluding hydrogens is 542 g/mol. The molecule has 1 aliphatic heterocycles. The molecule has 16 nitrogen and oxygen atoms in total. The molecule has 0 aliphatic carbocycles. The van der Waals surface area contributed by atoms with Crippen LogP contribution in [0.15, 0.2) is 53.5 Å². The number of carbonyl (C=O) groups is 3. The van der Waals surface area contributed by atoms with Gasteiger partial charge in [-0.25, -0.2) is 9.59 Å². The van der Waals surface area contributed by atoms with Gasteiger partial charge in [0.15, 0.2) is 0 Å². The number of nitrogens with one attached hydrogen (secondary N) is 4. The molecule has 4 N–H and O–H groups in total. The molecule has 2 aromatic carbocycles. The Morgan fingerprint density at radius 1 is 0.878 bits per heavy atom. The first-order chi connectivity index (χ1) is 19.7. The number of ether oxygens (including phenoxy) is 2. The molecule has 0 unspecified atom stereocenters. The molecule has 1 heterocycles. The van der Waals surface area contributed by atoms with Crippen LogP contribution in [0.1, 0.15) is 30.4 Å². The van der Waals surface area contributed by atoms with Crippen LogP contribution in [-0.2, 0) is 27.5 Å². The van der Waals surface area contributed by atoms with Crippen molar-refractivity contribution >= 4 is 35.4 Å². The fourth-order valence-corrected chi connectivity index (χ4v) is 3.61. The number of benzene rings is 2. The molecule has 16 heteroatoms. The van der Waals surface area contributed by atoms with Gasteiger partial charge in [-0.3, -0.25) is 40.6 Å². The molecule has 0 saturated carbocycles. The monoisotopic (exact) mass is 571 g/mol. The third-order valence-corrected chi connectivity index (χ3v) is 5.73. The van der Waals surface area contributed by atoms with Crippen LogP contribution in [-0.4, -0.2) is 59.6 Å². The summed E-state index contributed by atoms with van der Waals surface area (Å²) in [6, 6.07) is 10.9. The van der Waals surface area contributed by atoms with Crippen molar-refractivity contribution in [2.75, 3.05) is 19.6 Å². The van der Waals surface area contributed by atoms with Gasteiger partial charge in [0.25, 0.3) is 11.4 Å². The van der Waals surface area contributed by atoms with Crippen molar-refractivity contribution in [1.82, 2.24) is 21.3 Å². The lowest BCUT2D eigenvalue weighted by molar-refractivity contribution is -0.385. The summed E-state index contributed by atoms with van der Waals surface area (Å²) in [6.45, 7) is 1.22. The molecule has 41 heavy (non-hydrogen) atoms. The summed E-state index contributed by atoms with van der Waals surface area (Å²) >= 11 is 0. The van der Waals surface area contributed by atoms with E-state index in [1.165, 1.54) is 48.5 Å². The van der Waals surface area contributed by atoms with E-state index in [4.69, 9.17) is 9.47 Å². The number of carbonyl (C=O) groups excluding carboxylic acids is 3. The molecule has 0 bridgehead atoms. The van der Waals surface area contributed by atoms with Gasteiger partial charge in [-0.15, -0.1) is 0 Å². The summed E-state index contributed by atoms with van der Waals surface area (Å²) in [6.07, 6.45) is -0.573. The number of hydrogen-bond acceptors (Lipinski definition) is 11. The van der Waals surface area contributed by atoms with Crippen LogP contribution < -0.4 is 21.3 Å². The van der Waals surface area contributed by atoms with Crippen LogP contribution in [0, 0.1) is 20.2 Å². The standard InChI is InChI=1S/C25H29N7O9/c33-22(28-19-11-13-26-14-19)2-1-12-27-23(29-24(34)40-15-17-3-7-20(8-4-17)31(36)37)30-25(35)41-16-18-5-9-21(10-6-18)32(38)39/h3-10,19,26H,1-2,11-16H2,(H,28,33)(H2,27,29,30,34,35)/t19-/m0/s1. The van der Waals surface area contributed by atoms with Gasteiger partial charge in [0.1, 0.15) is 13.2 Å². The van der Waals surface area contributed by atoms with Gasteiger partial charge in [-0.2, -0.15) is 0 Å². The highest BCUT2D eigenvalue weighted by molar-refractivity contribution is 6.01. The van der Waals surface area contributed by atoms with Crippen molar-refractivity contribution in [3.63, 3.8) is 0 Å². The van der Waals surface area contributed by atoms with E-state index in [1.54, 1.807) is 0 Å². The molecule has 3 amide bonds. The van der Waals surface area contributed by atoms with Gasteiger partial charge in [-0.05, 0) is 54.8 Å². The summed E-state index contributed by atoms with van der Waals surface area (Å²) in [4.78, 5) is 61.4. The molecule has 0 spiro atoms. The van der Waals surface area contributed by atoms with E-state index in [0.717, 1.165) is 13.0 Å². The molecule has 1 aliphatic rings. The van der Waals surface area contributed by atoms with Crippen LogP contribution in [0.25, 0.3) is 0 Å². The predicted octanol–water partition coefficient (Wildman–Crippen LogP) is 2.27. The van der Waals surface area contributed by atoms with Gasteiger partial charge in [-0.1, -0.05) is 0 Å². The maximum atomic E-state index is 12.3. The first-order valence-electron chi connectivity index (χ1n) is 12.6. The number of non-ortho nitro benzene ring substituents is 2. The van der Waals surface area contributed by atoms with Crippen LogP contribution in [0.4, 0.5) is 21.0 Å². The van der Waals surface area contributed by atoms with Gasteiger partial charge in [0, 0.05) is 49.8 Å². The summed E-state index contributed by atoms with van der Waals surface area (Å²) < 4.78 is 10.2. The molecule has 2 aromatic rings. The second kappa shape index (κ2) is 15.5. The molecule has 0 aromatic heterocycles. The lowest BCUT2D eigenvalue weighted by atomic mass is 10.2. The summed E-state index contributed by atoms with van der Waals surface area (Å²) in [5.41, 5.74) is 0.752. The Labute approximate surface area is 233 Å². The Bertz CT molecular complexity index is 1180. The number of alkyl carbamates (subject to hydrolysis) is 2. The SMILES string of the molecule is O=C(CCCN=C(NC(=O)OCc1ccc([N+](=O)[O-])cc1)NC(=O)OCc1ccc([N+](=O)[O-])cc1)N[C@H]1CCNC1. The fourth-order valence-electron chi connectivity index (χ4n) is 3.61. The Hall–Kier alpha value is -5.12. The van der Waals surface area contributed by atoms with Crippen LogP contribution in [0.2, 0.25) is 0 Å². The average molecular weight is 572 g/mol. The highest BCUT2D eigenvalue weighted by Crippen LogP contribution is 2.13. The Morgan fingerprint density at radius 3 is 1.83 bits per heavy atom. The molecule has 1 fully saturated rings. The van der Waals surface area contributed by atoms with Crippen molar-refractivity contribution in [2.24, 2.45) is 4.99 Å². The topological polar surface area (TPSA) is 216 Å². The lowest BCUT2D eigenvalue weighted by Crippen LogP contribution is -2.44. The first kappa shape index (κ1) is 30.4. The number of nitro groups is 2. The molecule has 3 rings (SSSR count). The van der Waals surface area contributed by atoms with E-state index in [1.807, 2.05) is 0 Å². The van der Waals surface area contributed by atoms with Crippen molar-refractivity contribution in [2.45, 2.75) is 38.5 Å². The van der Waals surface area contributed by atoms with Crippen LogP contribution in [0.3, 0.4) is 0 Å². The summed E-state index contributed by atoms with van der Waals surface area (Å²) in [7, 11) is 0. The predicted molar refractivity (Wildman–Crippen MR) is 144 cm³/mol. The molecular formula is C25H29N7O9. The molecule has 218 valence electrons. The van der Waals surface area contributed by atoms with E-state index >= 15 is 0 Å². The van der Waals surface area contributed by atoms with Gasteiger partial charge >= 0.3 is 12.2 Å². The van der Waals surface area contributed by atoms with Crippen molar-refractivity contribution in [1.29, 1.82) is 0 Å². The number of hydrogen-bond donors (Lipinski definition) is 4. The number of guanidine groups is 1. The van der Waals surface area contributed by atoms with E-state index in [2.05, 4.69) is 26.3 Å². The zero-order valence-electron chi connectivity index (χ0n) is 21.9. The zero-order valence-corrected chi connectivity index (χ0v) is 21.9. The quantitative estimate of drug-likeness (QED) is 0.101. The smallest absolute Gasteiger partial charge is 0.414 e. The second-order valence-electron chi connectivity index (χ2n) is 8.84. The second-order valence-corrected chi connectivity index (χ2v) is 8.84. The van der Waals surface area contributed by atoms with Gasteiger partial charge in [0.2, 0.25) is 11.9 Å². The third kappa shape index (κ3) is 10.9. The maximum absolute atomic E-state index is 12.3. The number of nitrogens with zero attached hydrogens (tertiary/aromatic N) is 3. The Morgan fingerprint density at radius 2 is 1.39 bits per heavy atom. The minimum atomic E-state index is -0.968. The number of rotatable bonds is 11. The first-order valence-corrected chi connectivity index (χ1v) is 12.6. The molecule has 1 saturated heterocycles. The fraction of sp³-hybridized carbons (Fsp3) is 0.360. The normalized spacial score (nSPS) is 13.9. The number of aliphatic imine (C=N–C) groups is 1. The van der Waals surface area contributed by atoms with Crippen molar-refractivity contribution < 1.29 is 33.7 Å². The highest BCUT2D eigenvalue weighted by Gasteiger charge is 2.17. The zero-order chi connectivity index (χ0) is 29.6. The van der Waals surface area contributed by atoms with Gasteiger partial charge < -0.3 is 20.1 Å². The largest absolute Gasteiger partial charge is 0.444 e. The van der Waals surface area contributed by atoms with Crippen LogP contribution >= 0.6 is 0 Å². The molecule has 1 atom stereocenters. The Balaban J connectivity index is 1.53. The van der Waals surface area contributed by atoms with Crippen LogP contribution in [0.5, 0.6) is 0 Å². The average Bonchev–Trinajstić information content (AvgIpc) is 3.46. The molecule has 0 radical (unpaired) electrons. The highest BCUT2D eigenvalue weighted by atomic mass is 16.6. The van der Waals surface area contributed by atoms with E-state index < -0.39 is 22.0 Å². The minimum Gasteiger partial charge on any atom is -0.444 e. The minimum absolute atomic E-state index is 0.0803. The summed E-state index contributed by atoms with van der Waals surface area (Å²) in [5.74, 6) is -0.422. The van der Waals surface area contributed by atoms with E-state index in [0.29, 0.717) is 24.1 Å². The van der Waals surface area contributed by atoms with Crippen molar-refractivity contribution in [3.05, 3.63) is 79.9 Å². The van der Waals surface area contributed by atoms with E-state index in [-0.39, 0.29) is 55.5 Å². The lowest BCUT2D eigenvalue weighted by Gasteiger charge is -2.12. The maximum Gasteiger partial charge on any atom is 0.414 e. The number of nitro benzene ring substituents is 2. The van der Waals surface area contributed by atoms with Crippen molar-refractivity contribution in [3.8, 4) is 0 Å². The number of amides is 3. The summed E-state index contributed by atoms with van der Waals surface area (Å²) in [5, 5.41) is 32.2. The van der Waals surface area contributed by atoms with E-state index in [9.17, 15) is 34.6 Å². The Kier molecular flexibility index (Phi) is 11.5. The third-order valence-electron chi connectivity index (χ3n) is 5.73. The van der Waals surface area contributed by atoms with Gasteiger partial charge in [0.05, 0.1) is 9.85 Å².